The number of carbonyl (C=O) groups is 2. The third kappa shape index (κ3) is 5.21. The summed E-state index contributed by atoms with van der Waals surface area (Å²) in [6.45, 7) is 0.802. The number of aryl methyl sites for hydroxylation is 1. The molecule has 1 aliphatic rings. The molecule has 4 heteroatoms. The molecule has 2 N–H and O–H groups in total. The highest BCUT2D eigenvalue weighted by atomic mass is 16.4. The van der Waals surface area contributed by atoms with Crippen molar-refractivity contribution in [2.24, 2.45) is 5.92 Å². The molecule has 0 spiro atoms. The van der Waals surface area contributed by atoms with Gasteiger partial charge in [0.25, 0.3) is 0 Å². The molecular weight excluding hydrogens is 266 g/mol. The molecule has 114 valence electrons. The van der Waals surface area contributed by atoms with Gasteiger partial charge in [-0.2, -0.15) is 0 Å². The Morgan fingerprint density at radius 1 is 1.10 bits per heavy atom. The van der Waals surface area contributed by atoms with Crippen LogP contribution in [0.4, 0.5) is 0 Å². The number of nitrogens with one attached hydrogen (secondary N) is 1. The summed E-state index contributed by atoms with van der Waals surface area (Å²) in [7, 11) is 0. The first-order valence-electron chi connectivity index (χ1n) is 7.74. The van der Waals surface area contributed by atoms with Gasteiger partial charge in [-0.25, -0.2) is 4.79 Å². The summed E-state index contributed by atoms with van der Waals surface area (Å²) < 4.78 is 0. The first kappa shape index (κ1) is 15.5. The molecule has 0 bridgehead atoms. The standard InChI is InChI=1S/C17H23NO3/c19-16(18-12-14-4-2-1-3-5-14)11-8-13-6-9-15(10-7-13)17(20)21/h6-7,9-10,14H,1-5,8,11-12H2,(H,18,19)(H,20,21). The van der Waals surface area contributed by atoms with Crippen LogP contribution in [0.2, 0.25) is 0 Å². The number of hydrogen-bond acceptors (Lipinski definition) is 2. The number of amides is 1. The van der Waals surface area contributed by atoms with Crippen LogP contribution in [0.3, 0.4) is 0 Å². The fraction of sp³-hybridized carbons (Fsp3) is 0.529. The molecule has 0 unspecified atom stereocenters. The minimum atomic E-state index is -0.924. The van der Waals surface area contributed by atoms with Crippen molar-refractivity contribution in [1.29, 1.82) is 0 Å². The number of carboxylic acids is 1. The van der Waals surface area contributed by atoms with Crippen molar-refractivity contribution in [2.75, 3.05) is 6.54 Å². The van der Waals surface area contributed by atoms with E-state index in [-0.39, 0.29) is 11.5 Å². The maximum atomic E-state index is 11.8. The zero-order valence-electron chi connectivity index (χ0n) is 12.3. The Morgan fingerprint density at radius 3 is 2.38 bits per heavy atom. The zero-order chi connectivity index (χ0) is 15.1. The topological polar surface area (TPSA) is 66.4 Å². The van der Waals surface area contributed by atoms with Crippen LogP contribution < -0.4 is 5.32 Å². The average Bonchev–Trinajstić information content (AvgIpc) is 2.52. The van der Waals surface area contributed by atoms with E-state index in [0.29, 0.717) is 18.8 Å². The Labute approximate surface area is 125 Å². The fourth-order valence-corrected chi connectivity index (χ4v) is 2.81. The molecular formula is C17H23NO3. The maximum Gasteiger partial charge on any atom is 0.335 e. The predicted molar refractivity (Wildman–Crippen MR) is 81.3 cm³/mol. The highest BCUT2D eigenvalue weighted by molar-refractivity contribution is 5.87. The lowest BCUT2D eigenvalue weighted by molar-refractivity contribution is -0.121. The van der Waals surface area contributed by atoms with Crippen LogP contribution in [-0.2, 0) is 11.2 Å². The number of carbonyl (C=O) groups excluding carboxylic acids is 1. The van der Waals surface area contributed by atoms with Crippen molar-refractivity contribution >= 4 is 11.9 Å². The molecule has 1 saturated carbocycles. The molecule has 1 amide bonds. The molecule has 1 fully saturated rings. The third-order valence-electron chi connectivity index (χ3n) is 4.15. The van der Waals surface area contributed by atoms with Gasteiger partial charge >= 0.3 is 5.97 Å². The van der Waals surface area contributed by atoms with E-state index in [2.05, 4.69) is 5.32 Å². The lowest BCUT2D eigenvalue weighted by atomic mass is 9.89. The highest BCUT2D eigenvalue weighted by Crippen LogP contribution is 2.22. The Bertz CT molecular complexity index is 475. The van der Waals surface area contributed by atoms with Gasteiger partial charge in [0.15, 0.2) is 0 Å². The predicted octanol–water partition coefficient (Wildman–Crippen LogP) is 3.01. The molecule has 0 radical (unpaired) electrons. The van der Waals surface area contributed by atoms with E-state index in [0.717, 1.165) is 12.1 Å². The first-order valence-corrected chi connectivity index (χ1v) is 7.74. The van der Waals surface area contributed by atoms with Crippen molar-refractivity contribution < 1.29 is 14.7 Å². The second kappa shape index (κ2) is 7.81. The summed E-state index contributed by atoms with van der Waals surface area (Å²) in [5.41, 5.74) is 1.27. The van der Waals surface area contributed by atoms with E-state index in [1.807, 2.05) is 0 Å². The van der Waals surface area contributed by atoms with Crippen molar-refractivity contribution in [1.82, 2.24) is 5.32 Å². The fourth-order valence-electron chi connectivity index (χ4n) is 2.81. The van der Waals surface area contributed by atoms with E-state index >= 15 is 0 Å². The van der Waals surface area contributed by atoms with Gasteiger partial charge < -0.3 is 10.4 Å². The van der Waals surface area contributed by atoms with E-state index in [9.17, 15) is 9.59 Å². The van der Waals surface area contributed by atoms with Crippen LogP contribution in [0.5, 0.6) is 0 Å². The summed E-state index contributed by atoms with van der Waals surface area (Å²) in [6, 6.07) is 6.71. The normalized spacial score (nSPS) is 15.6. The summed E-state index contributed by atoms with van der Waals surface area (Å²) in [4.78, 5) is 22.6. The van der Waals surface area contributed by atoms with Gasteiger partial charge in [-0.3, -0.25) is 4.79 Å². The Kier molecular flexibility index (Phi) is 5.78. The number of carboxylic acid groups (broad SMARTS) is 1. The second-order valence-corrected chi connectivity index (χ2v) is 5.81. The van der Waals surface area contributed by atoms with Crippen molar-refractivity contribution in [3.05, 3.63) is 35.4 Å². The Balaban J connectivity index is 1.69. The number of rotatable bonds is 6. The Morgan fingerprint density at radius 2 is 1.76 bits per heavy atom. The number of hydrogen-bond donors (Lipinski definition) is 2. The smallest absolute Gasteiger partial charge is 0.335 e. The van der Waals surface area contributed by atoms with Crippen molar-refractivity contribution in [3.63, 3.8) is 0 Å². The SMILES string of the molecule is O=C(CCc1ccc(C(=O)O)cc1)NCC1CCCCC1. The lowest BCUT2D eigenvalue weighted by Gasteiger charge is -2.21. The van der Waals surface area contributed by atoms with Gasteiger partial charge in [0.05, 0.1) is 5.56 Å². The summed E-state index contributed by atoms with van der Waals surface area (Å²) in [5, 5.41) is 11.8. The van der Waals surface area contributed by atoms with Crippen molar-refractivity contribution in [2.45, 2.75) is 44.9 Å². The molecule has 1 aliphatic carbocycles. The molecule has 0 heterocycles. The molecule has 0 atom stereocenters. The molecule has 1 aromatic rings. The maximum absolute atomic E-state index is 11.8. The molecule has 4 nitrogen and oxygen atoms in total. The molecule has 2 rings (SSSR count). The molecule has 0 saturated heterocycles. The molecule has 0 aromatic heterocycles. The van der Waals surface area contributed by atoms with Crippen LogP contribution in [0.1, 0.15) is 54.4 Å². The van der Waals surface area contributed by atoms with Gasteiger partial charge in [-0.15, -0.1) is 0 Å². The Hall–Kier alpha value is -1.84. The van der Waals surface area contributed by atoms with Gasteiger partial charge in [-0.1, -0.05) is 31.4 Å². The monoisotopic (exact) mass is 289 g/mol. The van der Waals surface area contributed by atoms with E-state index in [1.54, 1.807) is 24.3 Å². The molecule has 1 aromatic carbocycles. The number of benzene rings is 1. The van der Waals surface area contributed by atoms with E-state index < -0.39 is 5.97 Å². The molecule has 21 heavy (non-hydrogen) atoms. The van der Waals surface area contributed by atoms with Crippen LogP contribution in [0.25, 0.3) is 0 Å². The van der Waals surface area contributed by atoms with E-state index in [1.165, 1.54) is 32.1 Å². The van der Waals surface area contributed by atoms with Gasteiger partial charge in [0.1, 0.15) is 0 Å². The highest BCUT2D eigenvalue weighted by Gasteiger charge is 2.14. The van der Waals surface area contributed by atoms with E-state index in [4.69, 9.17) is 5.11 Å². The third-order valence-corrected chi connectivity index (χ3v) is 4.15. The minimum absolute atomic E-state index is 0.0860. The average molecular weight is 289 g/mol. The zero-order valence-corrected chi connectivity index (χ0v) is 12.3. The second-order valence-electron chi connectivity index (χ2n) is 5.81. The molecule has 0 aliphatic heterocycles. The van der Waals surface area contributed by atoms with Crippen LogP contribution in [0.15, 0.2) is 24.3 Å². The summed E-state index contributed by atoms with van der Waals surface area (Å²) >= 11 is 0. The quantitative estimate of drug-likeness (QED) is 0.846. The summed E-state index contributed by atoms with van der Waals surface area (Å²) in [6.07, 6.45) is 7.48. The van der Waals surface area contributed by atoms with Crippen LogP contribution in [-0.4, -0.2) is 23.5 Å². The lowest BCUT2D eigenvalue weighted by Crippen LogP contribution is -2.30. The summed E-state index contributed by atoms with van der Waals surface area (Å²) in [5.74, 6) is -0.188. The van der Waals surface area contributed by atoms with Crippen LogP contribution >= 0.6 is 0 Å². The largest absolute Gasteiger partial charge is 0.478 e. The first-order chi connectivity index (χ1) is 10.1. The van der Waals surface area contributed by atoms with Crippen LogP contribution in [0, 0.1) is 5.92 Å². The van der Waals surface area contributed by atoms with Gasteiger partial charge in [0.2, 0.25) is 5.91 Å². The number of aromatic carboxylic acids is 1. The van der Waals surface area contributed by atoms with Gasteiger partial charge in [0, 0.05) is 13.0 Å². The van der Waals surface area contributed by atoms with Crippen molar-refractivity contribution in [3.8, 4) is 0 Å². The van der Waals surface area contributed by atoms with Gasteiger partial charge in [-0.05, 0) is 42.9 Å². The minimum Gasteiger partial charge on any atom is -0.478 e.